The fraction of sp³-hybridized carbons (Fsp3) is 0.0526. The van der Waals surface area contributed by atoms with E-state index in [1.807, 2.05) is 6.07 Å². The first-order valence-corrected chi connectivity index (χ1v) is 14.0. The zero-order chi connectivity index (χ0) is 25.9. The molecule has 2 heteroatoms. The van der Waals surface area contributed by atoms with Crippen molar-refractivity contribution in [1.82, 2.24) is 4.57 Å². The molecule has 6 aromatic carbocycles. The summed E-state index contributed by atoms with van der Waals surface area (Å²) in [7, 11) is 0. The van der Waals surface area contributed by atoms with E-state index in [9.17, 15) is 0 Å². The predicted octanol–water partition coefficient (Wildman–Crippen LogP) is 10.2. The molecule has 1 unspecified atom stereocenters. The van der Waals surface area contributed by atoms with Crippen molar-refractivity contribution in [3.63, 3.8) is 0 Å². The second-order valence-electron chi connectivity index (χ2n) is 11.3. The number of furan rings is 1. The van der Waals surface area contributed by atoms with Gasteiger partial charge in [0.25, 0.3) is 0 Å². The topological polar surface area (TPSA) is 18.1 Å². The van der Waals surface area contributed by atoms with Crippen LogP contribution in [0.25, 0.3) is 77.4 Å². The maximum Gasteiger partial charge on any atom is 0.135 e. The van der Waals surface area contributed by atoms with Gasteiger partial charge in [0, 0.05) is 33.2 Å². The highest BCUT2D eigenvalue weighted by molar-refractivity contribution is 6.19. The van der Waals surface area contributed by atoms with Crippen LogP contribution in [0, 0.1) is 0 Å². The van der Waals surface area contributed by atoms with E-state index in [1.54, 1.807) is 0 Å². The van der Waals surface area contributed by atoms with Crippen LogP contribution in [0.3, 0.4) is 0 Å². The summed E-state index contributed by atoms with van der Waals surface area (Å²) in [4.78, 5) is 0. The Morgan fingerprint density at radius 3 is 2.33 bits per heavy atom. The van der Waals surface area contributed by atoms with Gasteiger partial charge in [-0.3, -0.25) is 0 Å². The Bertz CT molecular complexity index is 2410. The number of nitrogens with zero attached hydrogens (tertiary/aromatic N) is 1. The van der Waals surface area contributed by atoms with Crippen LogP contribution in [0.5, 0.6) is 0 Å². The van der Waals surface area contributed by atoms with Gasteiger partial charge in [0.1, 0.15) is 11.2 Å². The highest BCUT2D eigenvalue weighted by Crippen LogP contribution is 2.52. The van der Waals surface area contributed by atoms with E-state index >= 15 is 0 Å². The lowest BCUT2D eigenvalue weighted by Gasteiger charge is -2.23. The maximum atomic E-state index is 6.15. The first kappa shape index (κ1) is 20.8. The third-order valence-corrected chi connectivity index (χ3v) is 9.24. The van der Waals surface area contributed by atoms with E-state index in [2.05, 4.69) is 120 Å². The van der Waals surface area contributed by atoms with Gasteiger partial charge in [-0.25, -0.2) is 0 Å². The molecular formula is C38H23NO. The number of benzene rings is 6. The van der Waals surface area contributed by atoms with Crippen molar-refractivity contribution in [2.24, 2.45) is 0 Å². The van der Waals surface area contributed by atoms with Crippen molar-refractivity contribution in [3.05, 3.63) is 132 Å². The Hall–Kier alpha value is -5.08. The molecule has 2 nitrogen and oxygen atoms in total. The maximum absolute atomic E-state index is 6.15. The molecule has 0 bridgehead atoms. The van der Waals surface area contributed by atoms with E-state index < -0.39 is 0 Å². The van der Waals surface area contributed by atoms with Gasteiger partial charge in [0.05, 0.1) is 11.0 Å². The Labute approximate surface area is 230 Å². The number of hydrogen-bond acceptors (Lipinski definition) is 1. The number of hydrogen-bond donors (Lipinski definition) is 0. The SMILES string of the molecule is C1=C2C(Cc3ccccc31)c1cc(-c3ccc4oc5ccccc5c4c3)cc3c4cc5ccccc5cc4n2c13. The molecule has 1 atom stereocenters. The molecule has 186 valence electrons. The summed E-state index contributed by atoms with van der Waals surface area (Å²) in [5.41, 5.74) is 12.7. The molecule has 8 aromatic rings. The van der Waals surface area contributed by atoms with Gasteiger partial charge in [0.15, 0.2) is 0 Å². The molecule has 0 saturated heterocycles. The monoisotopic (exact) mass is 509 g/mol. The highest BCUT2D eigenvalue weighted by Gasteiger charge is 2.35. The number of fused-ring (bicyclic) bond motifs is 11. The number of rotatable bonds is 1. The van der Waals surface area contributed by atoms with Gasteiger partial charge in [0.2, 0.25) is 0 Å². The average molecular weight is 510 g/mol. The van der Waals surface area contributed by atoms with Crippen LogP contribution in [-0.2, 0) is 6.42 Å². The fourth-order valence-electron chi connectivity index (χ4n) is 7.40. The standard InChI is InChI=1S/C38H23NO/c1-3-9-24-20-34-29(15-22(24)7-1)32-18-27(26-13-14-37-31(17-26)28-11-5-6-12-36(28)40-37)19-33-30-16-23-8-2-4-10-25(23)21-35(30)39(34)38(32)33/h1-15,17-21,30H,16H2. The summed E-state index contributed by atoms with van der Waals surface area (Å²) in [6.45, 7) is 0. The lowest BCUT2D eigenvalue weighted by atomic mass is 9.82. The lowest BCUT2D eigenvalue weighted by Crippen LogP contribution is -2.09. The predicted molar refractivity (Wildman–Crippen MR) is 167 cm³/mol. The normalized spacial score (nSPS) is 15.8. The minimum absolute atomic E-state index is 0.349. The molecule has 1 aliphatic carbocycles. The zero-order valence-corrected chi connectivity index (χ0v) is 21.7. The molecule has 1 aliphatic heterocycles. The second-order valence-corrected chi connectivity index (χ2v) is 11.3. The summed E-state index contributed by atoms with van der Waals surface area (Å²) in [5.74, 6) is 0.349. The van der Waals surface area contributed by atoms with Crippen LogP contribution in [0.15, 0.2) is 120 Å². The first-order chi connectivity index (χ1) is 19.8. The minimum atomic E-state index is 0.349. The third kappa shape index (κ3) is 2.63. The quantitative estimate of drug-likeness (QED) is 0.215. The van der Waals surface area contributed by atoms with Gasteiger partial charge in [-0.05, 0) is 93.6 Å². The zero-order valence-electron chi connectivity index (χ0n) is 21.7. The van der Waals surface area contributed by atoms with Crippen molar-refractivity contribution in [2.45, 2.75) is 12.3 Å². The first-order valence-electron chi connectivity index (χ1n) is 14.0. The van der Waals surface area contributed by atoms with Crippen LogP contribution in [0.4, 0.5) is 0 Å². The summed E-state index contributed by atoms with van der Waals surface area (Å²) < 4.78 is 8.71. The van der Waals surface area contributed by atoms with E-state index in [4.69, 9.17) is 4.42 Å². The van der Waals surface area contributed by atoms with Crippen molar-refractivity contribution in [3.8, 4) is 11.1 Å². The minimum Gasteiger partial charge on any atom is -0.456 e. The molecule has 0 saturated carbocycles. The van der Waals surface area contributed by atoms with Crippen molar-refractivity contribution < 1.29 is 4.42 Å². The van der Waals surface area contributed by atoms with Crippen LogP contribution >= 0.6 is 0 Å². The molecule has 2 aliphatic rings. The Kier molecular flexibility index (Phi) is 3.81. The Morgan fingerprint density at radius 1 is 0.600 bits per heavy atom. The summed E-state index contributed by atoms with van der Waals surface area (Å²) in [6, 6.07) is 42.3. The molecule has 2 aromatic heterocycles. The van der Waals surface area contributed by atoms with Gasteiger partial charge >= 0.3 is 0 Å². The molecule has 0 N–H and O–H groups in total. The van der Waals surface area contributed by atoms with E-state index in [0.717, 1.165) is 17.6 Å². The van der Waals surface area contributed by atoms with Crippen molar-refractivity contribution in [1.29, 1.82) is 0 Å². The van der Waals surface area contributed by atoms with E-state index in [-0.39, 0.29) is 0 Å². The average Bonchev–Trinajstić information content (AvgIpc) is 3.64. The molecule has 0 spiro atoms. The van der Waals surface area contributed by atoms with E-state index in [0.29, 0.717) is 5.92 Å². The number of aromatic nitrogens is 1. The summed E-state index contributed by atoms with van der Waals surface area (Å²) in [5, 5.41) is 7.57. The van der Waals surface area contributed by atoms with Gasteiger partial charge in [-0.1, -0.05) is 72.8 Å². The molecule has 0 amide bonds. The van der Waals surface area contributed by atoms with Gasteiger partial charge in [-0.15, -0.1) is 0 Å². The number of allylic oxidation sites excluding steroid dienone is 1. The third-order valence-electron chi connectivity index (χ3n) is 9.24. The number of para-hydroxylation sites is 1. The second kappa shape index (κ2) is 7.31. The lowest BCUT2D eigenvalue weighted by molar-refractivity contribution is 0.669. The van der Waals surface area contributed by atoms with Gasteiger partial charge < -0.3 is 8.98 Å². The molecular weight excluding hydrogens is 486 g/mol. The summed E-state index contributed by atoms with van der Waals surface area (Å²) >= 11 is 0. The Morgan fingerprint density at radius 2 is 1.38 bits per heavy atom. The van der Waals surface area contributed by atoms with Gasteiger partial charge in [-0.2, -0.15) is 0 Å². The molecule has 10 rings (SSSR count). The van der Waals surface area contributed by atoms with Crippen LogP contribution in [-0.4, -0.2) is 4.57 Å². The van der Waals surface area contributed by atoms with Crippen LogP contribution in [0.2, 0.25) is 0 Å². The van der Waals surface area contributed by atoms with Crippen molar-refractivity contribution in [2.75, 3.05) is 0 Å². The molecule has 0 fully saturated rings. The Balaban J connectivity index is 1.30. The molecule has 0 radical (unpaired) electrons. The van der Waals surface area contributed by atoms with Crippen molar-refractivity contribution >= 4 is 66.3 Å². The van der Waals surface area contributed by atoms with Crippen LogP contribution in [0.1, 0.15) is 22.6 Å². The largest absolute Gasteiger partial charge is 0.456 e. The van der Waals surface area contributed by atoms with E-state index in [1.165, 1.54) is 76.9 Å². The smallest absolute Gasteiger partial charge is 0.135 e. The molecule has 40 heavy (non-hydrogen) atoms. The fourth-order valence-corrected chi connectivity index (χ4v) is 7.40. The highest BCUT2D eigenvalue weighted by atomic mass is 16.3. The van der Waals surface area contributed by atoms with Crippen LogP contribution < -0.4 is 0 Å². The summed E-state index contributed by atoms with van der Waals surface area (Å²) in [6.07, 6.45) is 3.46. The molecule has 3 heterocycles.